The minimum atomic E-state index is -4.48. The molecule has 0 bridgehead atoms. The summed E-state index contributed by atoms with van der Waals surface area (Å²) in [6, 6.07) is 32.0. The molecule has 12 heteroatoms. The van der Waals surface area contributed by atoms with Crippen molar-refractivity contribution in [1.82, 2.24) is 9.71 Å². The second-order valence-electron chi connectivity index (χ2n) is 11.5. The maximum Gasteiger partial charge on any atom is 0.293 e. The Balaban J connectivity index is 1.34. The summed E-state index contributed by atoms with van der Waals surface area (Å²) in [5.74, 6) is 0.114. The van der Waals surface area contributed by atoms with E-state index in [0.29, 0.717) is 36.0 Å². The second kappa shape index (κ2) is 15.8. The molecule has 1 heterocycles. The van der Waals surface area contributed by atoms with E-state index in [9.17, 15) is 23.3 Å². The monoisotopic (exact) mass is 696 g/mol. The maximum absolute atomic E-state index is 13.5. The van der Waals surface area contributed by atoms with Gasteiger partial charge >= 0.3 is 0 Å². The summed E-state index contributed by atoms with van der Waals surface area (Å²) in [7, 11) is -4.48. The van der Waals surface area contributed by atoms with Crippen molar-refractivity contribution in [2.24, 2.45) is 0 Å². The molecule has 1 amide bonds. The van der Waals surface area contributed by atoms with Gasteiger partial charge in [-0.05, 0) is 66.9 Å². The van der Waals surface area contributed by atoms with Crippen LogP contribution >= 0.6 is 11.8 Å². The van der Waals surface area contributed by atoms with E-state index in [1.807, 2.05) is 99.6 Å². The van der Waals surface area contributed by atoms with Crippen LogP contribution in [-0.2, 0) is 16.6 Å². The average molecular weight is 697 g/mol. The van der Waals surface area contributed by atoms with Crippen LogP contribution in [0, 0.1) is 17.0 Å². The molecule has 10 nitrogen and oxygen atoms in total. The SMILES string of the molecule is Cc1ccc(OCc2ccccc2)c(-c2ccc(C(=O)NS(=O)(=O)c3ccc(NCCSc4ccccc4)c([N+](=O)[O-])c3)c(C(C)C)n2)c1. The number of carbonyl (C=O) groups excluding carboxylic acids is 1. The molecule has 4 aromatic carbocycles. The molecule has 0 fully saturated rings. The Morgan fingerprint density at radius 3 is 2.35 bits per heavy atom. The van der Waals surface area contributed by atoms with Crippen molar-refractivity contribution >= 4 is 39.1 Å². The standard InChI is InChI=1S/C37H36N4O6S2/c1-25(2)36-30(16-18-32(39-36)31-22-26(3)14-19-35(31)47-24-27-10-6-4-7-11-27)37(42)40-49(45,46)29-15-17-33(34(23-29)41(43)44)38-20-21-48-28-12-8-5-9-13-28/h4-19,22-23,25,38H,20-21,24H2,1-3H3,(H,40,42). The Morgan fingerprint density at radius 2 is 1.65 bits per heavy atom. The minimum absolute atomic E-state index is 0.0745. The first kappa shape index (κ1) is 35.1. The zero-order valence-corrected chi connectivity index (χ0v) is 28.9. The molecule has 252 valence electrons. The van der Waals surface area contributed by atoms with Crippen LogP contribution in [0.25, 0.3) is 11.3 Å². The molecule has 0 aliphatic heterocycles. The van der Waals surface area contributed by atoms with E-state index >= 15 is 0 Å². The van der Waals surface area contributed by atoms with E-state index in [4.69, 9.17) is 9.72 Å². The van der Waals surface area contributed by atoms with Gasteiger partial charge in [-0.25, -0.2) is 13.1 Å². The number of benzene rings is 4. The highest BCUT2D eigenvalue weighted by atomic mass is 32.2. The molecule has 0 saturated heterocycles. The Labute approximate surface area is 290 Å². The molecule has 0 aliphatic carbocycles. The van der Waals surface area contributed by atoms with E-state index in [2.05, 4.69) is 10.0 Å². The number of nitro benzene ring substituents is 1. The molecule has 5 aromatic rings. The van der Waals surface area contributed by atoms with Crippen LogP contribution in [0.5, 0.6) is 5.75 Å². The quantitative estimate of drug-likeness (QED) is 0.0512. The number of aromatic nitrogens is 1. The molecule has 0 aliphatic rings. The zero-order chi connectivity index (χ0) is 35.0. The zero-order valence-electron chi connectivity index (χ0n) is 27.3. The van der Waals surface area contributed by atoms with Gasteiger partial charge in [0.25, 0.3) is 21.6 Å². The van der Waals surface area contributed by atoms with Gasteiger partial charge in [-0.2, -0.15) is 0 Å². The fraction of sp³-hybridized carbons (Fsp3) is 0.189. The normalized spacial score (nSPS) is 11.3. The highest BCUT2D eigenvalue weighted by Crippen LogP contribution is 2.33. The van der Waals surface area contributed by atoms with E-state index in [0.717, 1.165) is 27.7 Å². The van der Waals surface area contributed by atoms with Gasteiger partial charge in [-0.3, -0.25) is 19.9 Å². The molecule has 0 unspecified atom stereocenters. The van der Waals surface area contributed by atoms with Crippen molar-refractivity contribution < 1.29 is 22.9 Å². The predicted octanol–water partition coefficient (Wildman–Crippen LogP) is 7.99. The van der Waals surface area contributed by atoms with E-state index in [1.165, 1.54) is 18.2 Å². The first-order chi connectivity index (χ1) is 23.5. The lowest BCUT2D eigenvalue weighted by Gasteiger charge is -2.16. The Hall–Kier alpha value is -5.20. The number of nitrogens with zero attached hydrogens (tertiary/aromatic N) is 2. The molecule has 2 N–H and O–H groups in total. The number of rotatable bonds is 14. The number of ether oxygens (including phenoxy) is 1. The van der Waals surface area contributed by atoms with Crippen LogP contribution < -0.4 is 14.8 Å². The van der Waals surface area contributed by atoms with Crippen molar-refractivity contribution in [2.45, 2.75) is 43.1 Å². The average Bonchev–Trinajstić information content (AvgIpc) is 3.10. The number of hydrogen-bond donors (Lipinski definition) is 2. The predicted molar refractivity (Wildman–Crippen MR) is 193 cm³/mol. The number of hydrogen-bond acceptors (Lipinski definition) is 9. The Bertz CT molecular complexity index is 2060. The number of thioether (sulfide) groups is 1. The number of anilines is 1. The number of sulfonamides is 1. The third-order valence-electron chi connectivity index (χ3n) is 7.50. The molecule has 0 saturated carbocycles. The first-order valence-corrected chi connectivity index (χ1v) is 18.0. The summed E-state index contributed by atoms with van der Waals surface area (Å²) in [6.07, 6.45) is 0. The number of pyridine rings is 1. The van der Waals surface area contributed by atoms with Crippen LogP contribution in [0.2, 0.25) is 0 Å². The molecular weight excluding hydrogens is 661 g/mol. The highest BCUT2D eigenvalue weighted by Gasteiger charge is 2.26. The molecule has 0 spiro atoms. The molecule has 49 heavy (non-hydrogen) atoms. The summed E-state index contributed by atoms with van der Waals surface area (Å²) in [6.45, 7) is 6.43. The van der Waals surface area contributed by atoms with E-state index in [1.54, 1.807) is 17.8 Å². The fourth-order valence-electron chi connectivity index (χ4n) is 5.05. The number of nitro groups is 1. The van der Waals surface area contributed by atoms with Gasteiger partial charge in [0.2, 0.25) is 0 Å². The third-order valence-corrected chi connectivity index (χ3v) is 9.84. The highest BCUT2D eigenvalue weighted by molar-refractivity contribution is 7.99. The van der Waals surface area contributed by atoms with E-state index < -0.39 is 31.4 Å². The van der Waals surface area contributed by atoms with Gasteiger partial charge in [-0.15, -0.1) is 11.8 Å². The number of aryl methyl sites for hydroxylation is 1. The molecular formula is C37H36N4O6S2. The molecule has 0 radical (unpaired) electrons. The molecule has 5 rings (SSSR count). The van der Waals surface area contributed by atoms with Crippen LogP contribution in [0.1, 0.15) is 46.9 Å². The third kappa shape index (κ3) is 9.04. The van der Waals surface area contributed by atoms with Gasteiger partial charge in [0, 0.05) is 28.8 Å². The van der Waals surface area contributed by atoms with Crippen molar-refractivity contribution in [2.75, 3.05) is 17.6 Å². The lowest BCUT2D eigenvalue weighted by Crippen LogP contribution is -2.31. The lowest BCUT2D eigenvalue weighted by molar-refractivity contribution is -0.384. The summed E-state index contributed by atoms with van der Waals surface area (Å²) < 4.78 is 34.9. The largest absolute Gasteiger partial charge is 0.488 e. The number of nitrogens with one attached hydrogen (secondary N) is 2. The summed E-state index contributed by atoms with van der Waals surface area (Å²) in [5, 5.41) is 14.9. The van der Waals surface area contributed by atoms with Gasteiger partial charge in [-0.1, -0.05) is 74.0 Å². The second-order valence-corrected chi connectivity index (χ2v) is 14.4. The van der Waals surface area contributed by atoms with Crippen molar-refractivity contribution in [1.29, 1.82) is 0 Å². The van der Waals surface area contributed by atoms with Crippen molar-refractivity contribution in [3.8, 4) is 17.0 Å². The topological polar surface area (TPSA) is 141 Å². The Kier molecular flexibility index (Phi) is 11.3. The molecule has 1 aromatic heterocycles. The van der Waals surface area contributed by atoms with E-state index in [-0.39, 0.29) is 17.2 Å². The molecule has 0 atom stereocenters. The number of carbonyl (C=O) groups is 1. The van der Waals surface area contributed by atoms with Crippen molar-refractivity contribution in [3.05, 3.63) is 142 Å². The lowest BCUT2D eigenvalue weighted by atomic mass is 10.00. The van der Waals surface area contributed by atoms with Gasteiger partial charge in [0.1, 0.15) is 18.0 Å². The van der Waals surface area contributed by atoms with Crippen LogP contribution in [0.15, 0.2) is 119 Å². The van der Waals surface area contributed by atoms with Crippen LogP contribution in [0.3, 0.4) is 0 Å². The van der Waals surface area contributed by atoms with Gasteiger partial charge < -0.3 is 10.1 Å². The summed E-state index contributed by atoms with van der Waals surface area (Å²) >= 11 is 1.58. The van der Waals surface area contributed by atoms with Gasteiger partial charge in [0.05, 0.1) is 26.8 Å². The summed E-state index contributed by atoms with van der Waals surface area (Å²) in [5.41, 5.74) is 3.51. The summed E-state index contributed by atoms with van der Waals surface area (Å²) in [4.78, 5) is 30.1. The first-order valence-electron chi connectivity index (χ1n) is 15.6. The maximum atomic E-state index is 13.5. The number of amides is 1. The fourth-order valence-corrected chi connectivity index (χ4v) is 6.82. The van der Waals surface area contributed by atoms with Gasteiger partial charge in [0.15, 0.2) is 0 Å². The smallest absolute Gasteiger partial charge is 0.293 e. The van der Waals surface area contributed by atoms with Crippen LogP contribution in [-0.4, -0.2) is 36.5 Å². The van der Waals surface area contributed by atoms with Crippen LogP contribution in [0.4, 0.5) is 11.4 Å². The minimum Gasteiger partial charge on any atom is -0.488 e. The Morgan fingerprint density at radius 1 is 0.939 bits per heavy atom. The van der Waals surface area contributed by atoms with Crippen molar-refractivity contribution in [3.63, 3.8) is 0 Å².